The molecular weight excluding hydrogens is 319 g/mol. The van der Waals surface area contributed by atoms with E-state index in [1.165, 1.54) is 12.1 Å². The van der Waals surface area contributed by atoms with Crippen LogP contribution in [0.25, 0.3) is 11.1 Å². The van der Waals surface area contributed by atoms with Crippen LogP contribution >= 0.6 is 0 Å². The minimum absolute atomic E-state index is 0.108. The molecule has 1 amide bonds. The second-order valence-corrected chi connectivity index (χ2v) is 5.80. The number of aromatic amines is 1. The maximum absolute atomic E-state index is 13.1. The van der Waals surface area contributed by atoms with E-state index >= 15 is 0 Å². The third-order valence-electron chi connectivity index (χ3n) is 4.03. The third kappa shape index (κ3) is 3.71. The zero-order chi connectivity index (χ0) is 17.8. The van der Waals surface area contributed by atoms with Gasteiger partial charge in [0.2, 0.25) is 0 Å². The van der Waals surface area contributed by atoms with E-state index in [1.54, 1.807) is 43.6 Å². The normalized spacial score (nSPS) is 10.5. The van der Waals surface area contributed by atoms with E-state index < -0.39 is 0 Å². The van der Waals surface area contributed by atoms with Gasteiger partial charge in [0.15, 0.2) is 0 Å². The highest BCUT2D eigenvalue weighted by molar-refractivity contribution is 6.00. The summed E-state index contributed by atoms with van der Waals surface area (Å²) in [4.78, 5) is 17.4. The lowest BCUT2D eigenvalue weighted by Crippen LogP contribution is -2.26. The Hall–Kier alpha value is -3.08. The number of halogens is 1. The summed E-state index contributed by atoms with van der Waals surface area (Å²) in [5, 5.41) is 0. The first kappa shape index (κ1) is 16.8. The molecule has 1 heterocycles. The van der Waals surface area contributed by atoms with Crippen LogP contribution in [0.2, 0.25) is 0 Å². The second-order valence-electron chi connectivity index (χ2n) is 5.80. The van der Waals surface area contributed by atoms with Gasteiger partial charge < -0.3 is 14.6 Å². The van der Waals surface area contributed by atoms with E-state index in [2.05, 4.69) is 4.98 Å². The van der Waals surface area contributed by atoms with Gasteiger partial charge in [-0.3, -0.25) is 4.79 Å². The van der Waals surface area contributed by atoms with Gasteiger partial charge in [-0.1, -0.05) is 24.3 Å². The van der Waals surface area contributed by atoms with Crippen LogP contribution in [0, 0.1) is 5.82 Å². The van der Waals surface area contributed by atoms with Gasteiger partial charge in [0.1, 0.15) is 11.6 Å². The molecule has 0 aliphatic carbocycles. The van der Waals surface area contributed by atoms with Gasteiger partial charge in [0.05, 0.1) is 12.7 Å². The smallest absolute Gasteiger partial charge is 0.256 e. The lowest BCUT2D eigenvalue weighted by atomic mass is 10.0. The average Bonchev–Trinajstić information content (AvgIpc) is 3.11. The highest BCUT2D eigenvalue weighted by Gasteiger charge is 2.18. The third-order valence-corrected chi connectivity index (χ3v) is 4.03. The summed E-state index contributed by atoms with van der Waals surface area (Å²) in [6, 6.07) is 13.7. The van der Waals surface area contributed by atoms with Crippen molar-refractivity contribution >= 4 is 5.91 Å². The first-order valence-corrected chi connectivity index (χ1v) is 7.89. The summed E-state index contributed by atoms with van der Waals surface area (Å²) in [5.74, 6) is 0.345. The topological polar surface area (TPSA) is 45.3 Å². The van der Waals surface area contributed by atoms with Crippen molar-refractivity contribution in [2.45, 2.75) is 6.54 Å². The zero-order valence-electron chi connectivity index (χ0n) is 14.1. The molecule has 25 heavy (non-hydrogen) atoms. The number of rotatable bonds is 5. The zero-order valence-corrected chi connectivity index (χ0v) is 14.1. The molecule has 0 unspecified atom stereocenters. The number of H-pyrrole nitrogens is 1. The molecule has 3 rings (SSSR count). The Morgan fingerprint density at radius 2 is 1.92 bits per heavy atom. The van der Waals surface area contributed by atoms with Crippen LogP contribution in [0.4, 0.5) is 4.39 Å². The highest BCUT2D eigenvalue weighted by Crippen LogP contribution is 2.25. The van der Waals surface area contributed by atoms with E-state index in [0.717, 1.165) is 22.4 Å². The van der Waals surface area contributed by atoms with Crippen LogP contribution in [0.3, 0.4) is 0 Å². The fourth-order valence-electron chi connectivity index (χ4n) is 2.73. The molecule has 5 heteroatoms. The molecule has 4 nitrogen and oxygen atoms in total. The maximum Gasteiger partial charge on any atom is 0.256 e. The number of nitrogens with one attached hydrogen (secondary N) is 1. The predicted octanol–water partition coefficient (Wildman–Crippen LogP) is 4.10. The van der Waals surface area contributed by atoms with E-state index in [0.29, 0.717) is 12.1 Å². The Balaban J connectivity index is 1.81. The van der Waals surface area contributed by atoms with Gasteiger partial charge in [-0.25, -0.2) is 4.39 Å². The van der Waals surface area contributed by atoms with E-state index in [4.69, 9.17) is 4.74 Å². The van der Waals surface area contributed by atoms with Gasteiger partial charge >= 0.3 is 0 Å². The highest BCUT2D eigenvalue weighted by atomic mass is 19.1. The number of carbonyl (C=O) groups excluding carboxylic acids is 1. The van der Waals surface area contributed by atoms with Crippen LogP contribution in [-0.4, -0.2) is 29.9 Å². The number of ether oxygens (including phenoxy) is 1. The van der Waals surface area contributed by atoms with Crippen molar-refractivity contribution in [3.05, 3.63) is 77.9 Å². The Kier molecular flexibility index (Phi) is 4.84. The van der Waals surface area contributed by atoms with Gasteiger partial charge in [-0.15, -0.1) is 0 Å². The van der Waals surface area contributed by atoms with Crippen molar-refractivity contribution < 1.29 is 13.9 Å². The summed E-state index contributed by atoms with van der Waals surface area (Å²) >= 11 is 0. The summed E-state index contributed by atoms with van der Waals surface area (Å²) in [6.07, 6.45) is 3.42. The molecule has 0 radical (unpaired) electrons. The first-order chi connectivity index (χ1) is 12.1. The minimum atomic E-state index is -0.303. The second kappa shape index (κ2) is 7.21. The first-order valence-electron chi connectivity index (χ1n) is 7.89. The van der Waals surface area contributed by atoms with Crippen molar-refractivity contribution in [1.29, 1.82) is 0 Å². The average molecular weight is 338 g/mol. The molecule has 3 aromatic rings. The molecular formula is C20H19FN2O2. The largest absolute Gasteiger partial charge is 0.497 e. The number of methoxy groups -OCH3 is 1. The molecule has 0 atom stereocenters. The molecule has 0 fully saturated rings. The number of benzene rings is 2. The van der Waals surface area contributed by atoms with Crippen molar-refractivity contribution in [2.75, 3.05) is 14.2 Å². The summed E-state index contributed by atoms with van der Waals surface area (Å²) in [6.45, 7) is 0.462. The van der Waals surface area contributed by atoms with Crippen LogP contribution < -0.4 is 4.74 Å². The SMILES string of the molecule is COc1cccc(CN(C)C(=O)c2c[nH]cc2-c2ccc(F)cc2)c1. The minimum Gasteiger partial charge on any atom is -0.497 e. The van der Waals surface area contributed by atoms with E-state index in [-0.39, 0.29) is 11.7 Å². The number of amides is 1. The van der Waals surface area contributed by atoms with Gasteiger partial charge in [0.25, 0.3) is 5.91 Å². The number of hydrogen-bond donors (Lipinski definition) is 1. The summed E-state index contributed by atoms with van der Waals surface area (Å²) in [5.41, 5.74) is 3.08. The summed E-state index contributed by atoms with van der Waals surface area (Å²) < 4.78 is 18.3. The molecule has 0 saturated carbocycles. The molecule has 0 aliphatic rings. The number of aromatic nitrogens is 1. The number of nitrogens with zero attached hydrogens (tertiary/aromatic N) is 1. The molecule has 0 saturated heterocycles. The summed E-state index contributed by atoms with van der Waals surface area (Å²) in [7, 11) is 3.37. The Bertz CT molecular complexity index is 871. The molecule has 128 valence electrons. The Labute approximate surface area is 145 Å². The van der Waals surface area contributed by atoms with Crippen molar-refractivity contribution in [3.8, 4) is 16.9 Å². The number of hydrogen-bond acceptors (Lipinski definition) is 2. The monoisotopic (exact) mass is 338 g/mol. The Morgan fingerprint density at radius 3 is 2.64 bits per heavy atom. The van der Waals surface area contributed by atoms with Crippen LogP contribution in [0.1, 0.15) is 15.9 Å². The van der Waals surface area contributed by atoms with Gasteiger partial charge in [-0.05, 0) is 35.4 Å². The van der Waals surface area contributed by atoms with Crippen molar-refractivity contribution in [3.63, 3.8) is 0 Å². The number of carbonyl (C=O) groups is 1. The molecule has 0 spiro atoms. The molecule has 2 aromatic carbocycles. The van der Waals surface area contributed by atoms with Crippen LogP contribution in [0.15, 0.2) is 60.9 Å². The lowest BCUT2D eigenvalue weighted by molar-refractivity contribution is 0.0786. The van der Waals surface area contributed by atoms with Crippen molar-refractivity contribution in [1.82, 2.24) is 9.88 Å². The predicted molar refractivity (Wildman–Crippen MR) is 95.0 cm³/mol. The van der Waals surface area contributed by atoms with Crippen LogP contribution in [-0.2, 0) is 6.54 Å². The van der Waals surface area contributed by atoms with Gasteiger partial charge in [0, 0.05) is 31.5 Å². The van der Waals surface area contributed by atoms with E-state index in [1.807, 2.05) is 24.3 Å². The maximum atomic E-state index is 13.1. The molecule has 0 aliphatic heterocycles. The van der Waals surface area contributed by atoms with Crippen molar-refractivity contribution in [2.24, 2.45) is 0 Å². The fraction of sp³-hybridized carbons (Fsp3) is 0.150. The quantitative estimate of drug-likeness (QED) is 0.761. The Morgan fingerprint density at radius 1 is 1.16 bits per heavy atom. The fourth-order valence-corrected chi connectivity index (χ4v) is 2.73. The standard InChI is InChI=1S/C20H19FN2O2/c1-23(13-14-4-3-5-17(10-14)25-2)20(24)19-12-22-11-18(19)15-6-8-16(21)9-7-15/h3-12,22H,13H2,1-2H3. The van der Waals surface area contributed by atoms with Crippen LogP contribution in [0.5, 0.6) is 5.75 Å². The van der Waals surface area contributed by atoms with E-state index in [9.17, 15) is 9.18 Å². The van der Waals surface area contributed by atoms with Gasteiger partial charge in [-0.2, -0.15) is 0 Å². The molecule has 1 N–H and O–H groups in total. The molecule has 1 aromatic heterocycles. The molecule has 0 bridgehead atoms. The lowest BCUT2D eigenvalue weighted by Gasteiger charge is -2.18.